The molecule has 1 fully saturated rings. The summed E-state index contributed by atoms with van der Waals surface area (Å²) in [6.07, 6.45) is 0.149. The molecule has 1 saturated heterocycles. The van der Waals surface area contributed by atoms with Crippen LogP contribution in [-0.4, -0.2) is 17.9 Å². The molecule has 22 heavy (non-hydrogen) atoms. The Balaban J connectivity index is 1.82. The van der Waals surface area contributed by atoms with E-state index in [0.717, 1.165) is 14.6 Å². The first-order chi connectivity index (χ1) is 10.6. The van der Waals surface area contributed by atoms with Crippen molar-refractivity contribution in [3.05, 3.63) is 57.5 Å². The highest BCUT2D eigenvalue weighted by molar-refractivity contribution is 9.10. The molecular weight excluding hydrogens is 412 g/mol. The predicted molar refractivity (Wildman–Crippen MR) is 92.8 cm³/mol. The zero-order chi connectivity index (χ0) is 15.7. The van der Waals surface area contributed by atoms with E-state index in [-0.39, 0.29) is 18.2 Å². The summed E-state index contributed by atoms with van der Waals surface area (Å²) in [7, 11) is 0. The van der Waals surface area contributed by atoms with E-state index in [0.29, 0.717) is 5.69 Å². The first-order valence-corrected chi connectivity index (χ1v) is 8.28. The molecule has 1 aliphatic rings. The Morgan fingerprint density at radius 1 is 1.00 bits per heavy atom. The molecule has 6 heteroatoms. The molecule has 1 atom stereocenters. The van der Waals surface area contributed by atoms with Crippen LogP contribution in [0.25, 0.3) is 0 Å². The van der Waals surface area contributed by atoms with Gasteiger partial charge < -0.3 is 5.32 Å². The fourth-order valence-corrected chi connectivity index (χ4v) is 3.10. The Morgan fingerprint density at radius 2 is 1.68 bits per heavy atom. The van der Waals surface area contributed by atoms with Crippen molar-refractivity contribution in [2.24, 2.45) is 0 Å². The summed E-state index contributed by atoms with van der Waals surface area (Å²) < 4.78 is 1.68. The number of carbonyl (C=O) groups excluding carboxylic acids is 2. The summed E-state index contributed by atoms with van der Waals surface area (Å²) in [6, 6.07) is 14.2. The molecule has 0 radical (unpaired) electrons. The molecule has 2 amide bonds. The van der Waals surface area contributed by atoms with E-state index < -0.39 is 6.04 Å². The molecule has 4 nitrogen and oxygen atoms in total. The quantitative estimate of drug-likeness (QED) is 0.760. The van der Waals surface area contributed by atoms with Gasteiger partial charge in [-0.3, -0.25) is 9.59 Å². The van der Waals surface area contributed by atoms with Crippen LogP contribution < -0.4 is 10.2 Å². The molecule has 2 aromatic rings. The normalized spacial score (nSPS) is 17.9. The van der Waals surface area contributed by atoms with Crippen LogP contribution in [0, 0.1) is 0 Å². The van der Waals surface area contributed by atoms with Gasteiger partial charge in [0.2, 0.25) is 5.91 Å². The van der Waals surface area contributed by atoms with Crippen molar-refractivity contribution >= 4 is 55.0 Å². The molecule has 0 bridgehead atoms. The molecule has 3 rings (SSSR count). The van der Waals surface area contributed by atoms with Crippen molar-refractivity contribution in [1.82, 2.24) is 0 Å². The molecule has 0 saturated carbocycles. The van der Waals surface area contributed by atoms with Crippen molar-refractivity contribution in [2.75, 3.05) is 10.2 Å². The second kappa shape index (κ2) is 6.22. The van der Waals surface area contributed by atoms with Crippen LogP contribution in [0.2, 0.25) is 0 Å². The summed E-state index contributed by atoms with van der Waals surface area (Å²) in [5, 5.41) is 3.12. The highest BCUT2D eigenvalue weighted by Crippen LogP contribution is 2.31. The van der Waals surface area contributed by atoms with Crippen molar-refractivity contribution in [3.63, 3.8) is 0 Å². The largest absolute Gasteiger partial charge is 0.373 e. The number of halogens is 2. The van der Waals surface area contributed by atoms with Gasteiger partial charge in [0.15, 0.2) is 0 Å². The maximum absolute atomic E-state index is 12.6. The number of nitrogens with one attached hydrogen (secondary N) is 1. The van der Waals surface area contributed by atoms with E-state index >= 15 is 0 Å². The lowest BCUT2D eigenvalue weighted by molar-refractivity contribution is -0.121. The average Bonchev–Trinajstić information content (AvgIpc) is 2.77. The predicted octanol–water partition coefficient (Wildman–Crippen LogP) is 3.96. The van der Waals surface area contributed by atoms with Gasteiger partial charge in [0.05, 0.1) is 12.1 Å². The number of hydrogen-bond donors (Lipinski definition) is 1. The van der Waals surface area contributed by atoms with Crippen LogP contribution in [-0.2, 0) is 9.59 Å². The van der Waals surface area contributed by atoms with E-state index in [1.807, 2.05) is 36.4 Å². The van der Waals surface area contributed by atoms with Crippen molar-refractivity contribution < 1.29 is 9.59 Å². The number of nitrogens with zero attached hydrogens (tertiary/aromatic N) is 1. The number of rotatable bonds is 3. The van der Waals surface area contributed by atoms with E-state index in [1.54, 1.807) is 12.1 Å². The van der Waals surface area contributed by atoms with Gasteiger partial charge >= 0.3 is 0 Å². The Labute approximate surface area is 144 Å². The maximum Gasteiger partial charge on any atom is 0.256 e. The van der Waals surface area contributed by atoms with Crippen molar-refractivity contribution in [1.29, 1.82) is 0 Å². The average molecular weight is 424 g/mol. The summed E-state index contributed by atoms with van der Waals surface area (Å²) in [5.41, 5.74) is 1.39. The maximum atomic E-state index is 12.6. The molecule has 112 valence electrons. The Kier molecular flexibility index (Phi) is 4.31. The Bertz CT molecular complexity index is 731. The molecule has 1 heterocycles. The number of benzene rings is 2. The van der Waals surface area contributed by atoms with Gasteiger partial charge in [-0.1, -0.05) is 28.1 Å². The number of amides is 2. The number of imide groups is 1. The van der Waals surface area contributed by atoms with E-state index in [1.165, 1.54) is 4.90 Å². The smallest absolute Gasteiger partial charge is 0.256 e. The molecule has 1 N–H and O–H groups in total. The number of para-hydroxylation sites is 1. The number of anilines is 2. The fraction of sp³-hybridized carbons (Fsp3) is 0.125. The molecule has 0 aromatic heterocycles. The standard InChI is InChI=1S/C16H12Br2N2O2/c17-10-5-7-11(8-6-10)19-13-9-15(21)20(16(13)22)14-4-2-1-3-12(14)18/h1-8,13,19H,9H2/t13-/m1/s1. The van der Waals surface area contributed by atoms with E-state index in [4.69, 9.17) is 0 Å². The summed E-state index contributed by atoms with van der Waals surface area (Å²) in [5.74, 6) is -0.439. The monoisotopic (exact) mass is 422 g/mol. The van der Waals surface area contributed by atoms with Crippen LogP contribution in [0.3, 0.4) is 0 Å². The summed E-state index contributed by atoms with van der Waals surface area (Å²) in [4.78, 5) is 26.0. The van der Waals surface area contributed by atoms with Gasteiger partial charge in [0.25, 0.3) is 5.91 Å². The fourth-order valence-electron chi connectivity index (χ4n) is 2.38. The Hall–Kier alpha value is -1.66. The minimum Gasteiger partial charge on any atom is -0.373 e. The van der Waals surface area contributed by atoms with Crippen LogP contribution >= 0.6 is 31.9 Å². The molecular formula is C16H12Br2N2O2. The minimum atomic E-state index is -0.541. The van der Waals surface area contributed by atoms with Crippen LogP contribution in [0.1, 0.15) is 6.42 Å². The molecule has 1 aliphatic heterocycles. The first-order valence-electron chi connectivity index (χ1n) is 6.69. The third-order valence-corrected chi connectivity index (χ3v) is 4.62. The lowest BCUT2D eigenvalue weighted by Gasteiger charge is -2.17. The van der Waals surface area contributed by atoms with Crippen LogP contribution in [0.4, 0.5) is 11.4 Å². The SMILES string of the molecule is O=C1C[C@@H](Nc2ccc(Br)cc2)C(=O)N1c1ccccc1Br. The highest BCUT2D eigenvalue weighted by Gasteiger charge is 2.40. The third kappa shape index (κ3) is 2.94. The van der Waals surface area contributed by atoms with Gasteiger partial charge in [-0.15, -0.1) is 0 Å². The lowest BCUT2D eigenvalue weighted by atomic mass is 10.2. The van der Waals surface area contributed by atoms with Gasteiger partial charge in [0, 0.05) is 14.6 Å². The third-order valence-electron chi connectivity index (χ3n) is 3.43. The molecule has 2 aromatic carbocycles. The molecule has 0 aliphatic carbocycles. The number of carbonyl (C=O) groups is 2. The highest BCUT2D eigenvalue weighted by atomic mass is 79.9. The number of hydrogen-bond acceptors (Lipinski definition) is 3. The molecule has 0 spiro atoms. The topological polar surface area (TPSA) is 49.4 Å². The van der Waals surface area contributed by atoms with Gasteiger partial charge in [-0.25, -0.2) is 4.90 Å². The second-order valence-corrected chi connectivity index (χ2v) is 6.70. The summed E-state index contributed by atoms with van der Waals surface area (Å²) in [6.45, 7) is 0. The summed E-state index contributed by atoms with van der Waals surface area (Å²) >= 11 is 6.75. The zero-order valence-corrected chi connectivity index (χ0v) is 14.6. The lowest BCUT2D eigenvalue weighted by Crippen LogP contribution is -2.35. The van der Waals surface area contributed by atoms with Crippen LogP contribution in [0.15, 0.2) is 57.5 Å². The van der Waals surface area contributed by atoms with Gasteiger partial charge in [-0.05, 0) is 52.3 Å². The first kappa shape index (κ1) is 15.2. The van der Waals surface area contributed by atoms with Crippen molar-refractivity contribution in [2.45, 2.75) is 12.5 Å². The van der Waals surface area contributed by atoms with Crippen molar-refractivity contribution in [3.8, 4) is 0 Å². The zero-order valence-electron chi connectivity index (χ0n) is 11.4. The van der Waals surface area contributed by atoms with Gasteiger partial charge in [0.1, 0.15) is 6.04 Å². The van der Waals surface area contributed by atoms with Crippen LogP contribution in [0.5, 0.6) is 0 Å². The van der Waals surface area contributed by atoms with E-state index in [9.17, 15) is 9.59 Å². The molecule has 0 unspecified atom stereocenters. The van der Waals surface area contributed by atoms with Gasteiger partial charge in [-0.2, -0.15) is 0 Å². The minimum absolute atomic E-state index is 0.149. The second-order valence-electron chi connectivity index (χ2n) is 4.93. The Morgan fingerprint density at radius 3 is 2.36 bits per heavy atom. The van der Waals surface area contributed by atoms with E-state index in [2.05, 4.69) is 37.2 Å².